The highest BCUT2D eigenvalue weighted by Crippen LogP contribution is 2.45. The van der Waals surface area contributed by atoms with E-state index in [1.165, 1.54) is 11.1 Å². The van der Waals surface area contributed by atoms with Crippen LogP contribution >= 0.6 is 11.8 Å². The molecule has 1 aliphatic heterocycles. The van der Waals surface area contributed by atoms with Crippen molar-refractivity contribution in [2.75, 3.05) is 20.8 Å². The predicted molar refractivity (Wildman–Crippen MR) is 87.6 cm³/mol. The van der Waals surface area contributed by atoms with Crippen molar-refractivity contribution in [3.05, 3.63) is 35.9 Å². The van der Waals surface area contributed by atoms with Crippen LogP contribution in [0.3, 0.4) is 0 Å². The number of aryl methyl sites for hydroxylation is 1. The van der Waals surface area contributed by atoms with E-state index < -0.39 is 0 Å². The first kappa shape index (κ1) is 14.3. The van der Waals surface area contributed by atoms with Gasteiger partial charge in [-0.3, -0.25) is 4.99 Å². The number of amidine groups is 1. The van der Waals surface area contributed by atoms with Crippen molar-refractivity contribution >= 4 is 16.9 Å². The third-order valence-electron chi connectivity index (χ3n) is 3.96. The largest absolute Gasteiger partial charge is 0.493 e. The van der Waals surface area contributed by atoms with Crippen molar-refractivity contribution in [2.24, 2.45) is 4.99 Å². The van der Waals surface area contributed by atoms with E-state index >= 15 is 0 Å². The molecule has 0 aromatic heterocycles. The molecular weight excluding hydrogens is 284 g/mol. The molecule has 0 bridgehead atoms. The molecule has 1 N–H and O–H groups in total. The van der Waals surface area contributed by atoms with Crippen LogP contribution in [-0.2, 0) is 6.42 Å². The van der Waals surface area contributed by atoms with Crippen LogP contribution in [0.1, 0.15) is 23.6 Å². The predicted octanol–water partition coefficient (Wildman–Crippen LogP) is 2.94. The molecule has 0 spiro atoms. The van der Waals surface area contributed by atoms with Crippen LogP contribution in [0.15, 0.2) is 29.8 Å². The maximum absolute atomic E-state index is 5.44. The Morgan fingerprint density at radius 2 is 2.14 bits per heavy atom. The number of hydrogen-bond donors (Lipinski definition) is 1. The summed E-state index contributed by atoms with van der Waals surface area (Å²) in [5, 5.41) is 5.10. The molecule has 112 valence electrons. The van der Waals surface area contributed by atoms with E-state index in [0.29, 0.717) is 17.8 Å². The topological polar surface area (TPSA) is 42.9 Å². The van der Waals surface area contributed by atoms with Crippen LogP contribution in [0.4, 0.5) is 0 Å². The van der Waals surface area contributed by atoms with Gasteiger partial charge in [0, 0.05) is 5.25 Å². The second kappa shape index (κ2) is 6.02. The minimum Gasteiger partial charge on any atom is -0.493 e. The van der Waals surface area contributed by atoms with Crippen LogP contribution in [-0.4, -0.2) is 31.2 Å². The Morgan fingerprint density at radius 1 is 1.38 bits per heavy atom. The molecule has 4 nitrogen and oxygen atoms in total. The monoisotopic (exact) mass is 304 g/mol. The van der Waals surface area contributed by atoms with Crippen molar-refractivity contribution in [1.82, 2.24) is 5.32 Å². The highest BCUT2D eigenvalue weighted by atomic mass is 32.2. The summed E-state index contributed by atoms with van der Waals surface area (Å²) in [6.07, 6.45) is 4.04. The number of aliphatic imine (C=N–C) groups is 1. The molecule has 1 aliphatic carbocycles. The third kappa shape index (κ3) is 2.62. The van der Waals surface area contributed by atoms with Gasteiger partial charge in [-0.15, -0.1) is 6.58 Å². The number of fused-ring (bicyclic) bond motifs is 3. The minimum atomic E-state index is 0.308. The van der Waals surface area contributed by atoms with Crippen LogP contribution in [0.2, 0.25) is 0 Å². The van der Waals surface area contributed by atoms with Gasteiger partial charge in [-0.2, -0.15) is 0 Å². The van der Waals surface area contributed by atoms with E-state index in [1.807, 2.05) is 17.8 Å². The lowest BCUT2D eigenvalue weighted by Gasteiger charge is -2.28. The molecule has 0 amide bonds. The molecule has 1 aromatic carbocycles. The van der Waals surface area contributed by atoms with Gasteiger partial charge in [-0.25, -0.2) is 0 Å². The van der Waals surface area contributed by atoms with E-state index in [9.17, 15) is 0 Å². The molecule has 2 atom stereocenters. The van der Waals surface area contributed by atoms with E-state index in [0.717, 1.165) is 29.5 Å². The van der Waals surface area contributed by atoms with Gasteiger partial charge >= 0.3 is 0 Å². The summed E-state index contributed by atoms with van der Waals surface area (Å²) in [7, 11) is 3.36. The fourth-order valence-electron chi connectivity index (χ4n) is 2.95. The average Bonchev–Trinajstić information content (AvgIpc) is 2.94. The lowest BCUT2D eigenvalue weighted by atomic mass is 9.87. The zero-order valence-corrected chi connectivity index (χ0v) is 13.2. The highest BCUT2D eigenvalue weighted by molar-refractivity contribution is 8.14. The Balaban J connectivity index is 1.93. The number of nitrogens with one attached hydrogen (secondary N) is 1. The number of nitrogens with zero attached hydrogens (tertiary/aromatic N) is 1. The molecule has 1 aromatic rings. The Labute approximate surface area is 129 Å². The van der Waals surface area contributed by atoms with Crippen LogP contribution in [0, 0.1) is 0 Å². The van der Waals surface area contributed by atoms with Crippen LogP contribution in [0.25, 0.3) is 0 Å². The molecule has 21 heavy (non-hydrogen) atoms. The zero-order valence-electron chi connectivity index (χ0n) is 12.4. The molecule has 1 saturated heterocycles. The maximum atomic E-state index is 5.44. The van der Waals surface area contributed by atoms with Crippen molar-refractivity contribution < 1.29 is 9.47 Å². The second-order valence-electron chi connectivity index (χ2n) is 5.16. The van der Waals surface area contributed by atoms with E-state index in [4.69, 9.17) is 9.47 Å². The summed E-state index contributed by atoms with van der Waals surface area (Å²) in [6, 6.07) is 4.52. The number of ether oxygens (including phenoxy) is 2. The summed E-state index contributed by atoms with van der Waals surface area (Å²) in [5.41, 5.74) is 2.65. The second-order valence-corrected chi connectivity index (χ2v) is 6.39. The van der Waals surface area contributed by atoms with Gasteiger partial charge in [0.25, 0.3) is 0 Å². The first-order valence-corrected chi connectivity index (χ1v) is 7.98. The molecule has 3 rings (SSSR count). The number of rotatable bonds is 4. The van der Waals surface area contributed by atoms with Gasteiger partial charge in [-0.1, -0.05) is 17.8 Å². The maximum Gasteiger partial charge on any atom is 0.161 e. The number of methoxy groups -OCH3 is 2. The summed E-state index contributed by atoms with van der Waals surface area (Å²) in [6.45, 7) is 4.38. The Morgan fingerprint density at radius 3 is 2.86 bits per heavy atom. The number of thioether (sulfide) groups is 1. The zero-order chi connectivity index (χ0) is 14.8. The van der Waals surface area contributed by atoms with Crippen molar-refractivity contribution in [3.63, 3.8) is 0 Å². The molecule has 1 heterocycles. The molecule has 5 heteroatoms. The van der Waals surface area contributed by atoms with E-state index in [2.05, 4.69) is 29.0 Å². The van der Waals surface area contributed by atoms with Crippen LogP contribution < -0.4 is 14.8 Å². The Hall–Kier alpha value is -1.62. The summed E-state index contributed by atoms with van der Waals surface area (Å²) in [5.74, 6) is 1.60. The number of hydrogen-bond acceptors (Lipinski definition) is 4. The SMILES string of the molecule is C=CCN=C1N[C@@H]2c3cc(OC)c(OC)cc3CC[C@@H]2S1. The fourth-order valence-corrected chi connectivity index (χ4v) is 4.16. The Bertz CT molecular complexity index is 586. The van der Waals surface area contributed by atoms with Gasteiger partial charge in [0.15, 0.2) is 16.7 Å². The lowest BCUT2D eigenvalue weighted by molar-refractivity contribution is 0.352. The van der Waals surface area contributed by atoms with Crippen molar-refractivity contribution in [1.29, 1.82) is 0 Å². The standard InChI is InChI=1S/C16H20N2O2S/c1-4-7-17-16-18-15-11-9-13(20-3)12(19-2)8-10(11)5-6-14(15)21-16/h4,8-9,14-15H,1,5-7H2,2-3H3,(H,17,18)/t14-,15+/m0/s1. The average molecular weight is 304 g/mol. The smallest absolute Gasteiger partial charge is 0.161 e. The minimum absolute atomic E-state index is 0.308. The number of benzene rings is 1. The first-order chi connectivity index (χ1) is 10.3. The van der Waals surface area contributed by atoms with Gasteiger partial charge in [0.1, 0.15) is 0 Å². The van der Waals surface area contributed by atoms with Crippen LogP contribution in [0.5, 0.6) is 11.5 Å². The van der Waals surface area contributed by atoms with Crippen molar-refractivity contribution in [2.45, 2.75) is 24.1 Å². The normalized spacial score (nSPS) is 25.0. The first-order valence-electron chi connectivity index (χ1n) is 7.10. The fraction of sp³-hybridized carbons (Fsp3) is 0.438. The summed E-state index contributed by atoms with van der Waals surface area (Å²) < 4.78 is 10.8. The quantitative estimate of drug-likeness (QED) is 0.869. The summed E-state index contributed by atoms with van der Waals surface area (Å²) in [4.78, 5) is 4.51. The van der Waals surface area contributed by atoms with Crippen molar-refractivity contribution in [3.8, 4) is 11.5 Å². The molecule has 0 radical (unpaired) electrons. The molecule has 2 aliphatic rings. The van der Waals surface area contributed by atoms with E-state index in [-0.39, 0.29) is 0 Å². The van der Waals surface area contributed by atoms with Gasteiger partial charge in [0.05, 0.1) is 26.8 Å². The summed E-state index contributed by atoms with van der Waals surface area (Å²) >= 11 is 1.84. The molecule has 1 fully saturated rings. The van der Waals surface area contributed by atoms with Gasteiger partial charge in [-0.05, 0) is 36.1 Å². The molecule has 0 unspecified atom stereocenters. The van der Waals surface area contributed by atoms with E-state index in [1.54, 1.807) is 14.2 Å². The van der Waals surface area contributed by atoms with Gasteiger partial charge < -0.3 is 14.8 Å². The highest BCUT2D eigenvalue weighted by Gasteiger charge is 2.37. The van der Waals surface area contributed by atoms with Gasteiger partial charge in [0.2, 0.25) is 0 Å². The molecular formula is C16H20N2O2S. The Kier molecular flexibility index (Phi) is 4.10. The molecule has 0 saturated carbocycles. The third-order valence-corrected chi connectivity index (χ3v) is 5.24. The lowest BCUT2D eigenvalue weighted by Crippen LogP contribution is -2.28.